The summed E-state index contributed by atoms with van der Waals surface area (Å²) in [5, 5.41) is 78.6. The van der Waals surface area contributed by atoms with Crippen molar-refractivity contribution in [3.63, 3.8) is 0 Å². The molecule has 0 radical (unpaired) electrons. The van der Waals surface area contributed by atoms with Crippen LogP contribution in [0.5, 0.6) is 0 Å². The maximum absolute atomic E-state index is 14.3. The molecule has 1 saturated carbocycles. The maximum Gasteiger partial charge on any atom is 0.329 e. The second-order valence-corrected chi connectivity index (χ2v) is 24.3. The number of cyclic esters (lactones) is 1. The predicted molar refractivity (Wildman–Crippen MR) is 473 cm³/mol. The summed E-state index contributed by atoms with van der Waals surface area (Å²) in [6.45, 7) is 13.3. The molecule has 1 aliphatic carbocycles. The maximum atomic E-state index is 14.3. The van der Waals surface area contributed by atoms with Crippen LogP contribution in [0.3, 0.4) is 0 Å². The predicted octanol–water partition coefficient (Wildman–Crippen LogP) is 11.3. The number of hydrogen-bond donors (Lipinski definition) is 6. The highest BCUT2D eigenvalue weighted by Gasteiger charge is 2.57. The zero-order valence-corrected chi connectivity index (χ0v) is 64.7. The Hall–Kier alpha value is -12.4. The van der Waals surface area contributed by atoms with E-state index in [0.29, 0.717) is 63.5 Å². The number of aliphatic hydroxyl groups is 3. The first-order valence-electron chi connectivity index (χ1n) is 34.9. The van der Waals surface area contributed by atoms with E-state index in [0.717, 1.165) is 5.57 Å². The first kappa shape index (κ1) is 97.8. The summed E-state index contributed by atoms with van der Waals surface area (Å²) < 4.78 is 35.4. The Morgan fingerprint density at radius 3 is 1.38 bits per heavy atom. The zero-order chi connectivity index (χ0) is 84.7. The van der Waals surface area contributed by atoms with Crippen molar-refractivity contribution in [1.82, 2.24) is 10.5 Å². The molecule has 6 N–H and O–H groups in total. The molecule has 0 spiro atoms. The van der Waals surface area contributed by atoms with Crippen molar-refractivity contribution in [3.8, 4) is 249 Å². The van der Waals surface area contributed by atoms with Crippen LogP contribution in [0.25, 0.3) is 0 Å². The van der Waals surface area contributed by atoms with Crippen LogP contribution < -0.4 is 5.64 Å². The molecule has 15 atom stereocenters. The topological polar surface area (TPSA) is 345 Å². The van der Waals surface area contributed by atoms with Gasteiger partial charge in [0.15, 0.2) is 0 Å². The lowest BCUT2D eigenvalue weighted by molar-refractivity contribution is -0.808. The second kappa shape index (κ2) is 61.2. The van der Waals surface area contributed by atoms with Crippen molar-refractivity contribution in [2.75, 3.05) is 34.5 Å². The van der Waals surface area contributed by atoms with Crippen LogP contribution in [0, 0.1) is 278 Å². The minimum atomic E-state index is -2.51. The number of ether oxygens (including phenoxy) is 6. The Bertz CT molecular complexity index is 4830. The van der Waals surface area contributed by atoms with E-state index in [1.54, 1.807) is 34.8 Å². The molecule has 0 aromatic heterocycles. The van der Waals surface area contributed by atoms with Crippen LogP contribution in [-0.2, 0) is 103 Å². The first-order chi connectivity index (χ1) is 56.3. The number of fused-ring (bicyclic) bond motifs is 3. The van der Waals surface area contributed by atoms with Crippen molar-refractivity contribution in [2.24, 2.45) is 29.6 Å². The van der Waals surface area contributed by atoms with Crippen LogP contribution in [0.4, 0.5) is 0 Å². The lowest BCUT2D eigenvalue weighted by Gasteiger charge is -2.47. The molecule has 2 bridgehead atoms. The van der Waals surface area contributed by atoms with Crippen LogP contribution >= 0.6 is 0 Å². The summed E-state index contributed by atoms with van der Waals surface area (Å²) in [4.78, 5) is 65.4. The fraction of sp³-hybridized carbons (Fsp3) is 0.432. The molecule has 5 aliphatic rings. The fourth-order valence-electron chi connectivity index (χ4n) is 11.2. The molecule has 116 heavy (non-hydrogen) atoms. The van der Waals surface area contributed by atoms with Gasteiger partial charge in [0.1, 0.15) is 24.0 Å². The SMILES string of the molecule is CC#CC#CC#CC#CC#CC#CC#CC#CC#CC#CC#CC#CC#CC#CC#CC#CC#CC#CC#CC#CC#CC.CO[C@H]1C[C@@H](C)C/C(C)=C/[C@@H](CC2CO2)C(=O)C[C@H](O)[C@@H](C)[C@@H](/C(C)=C/[C@@H]2CC[C@@H](O)[C@H](OC)C2)OC(=O)[C@@H]2CCCCN2C(=O)C(=O)[C@]2(O)O[C@H]1[C@@H](OC)C[C@H]2C.OOOOOONOOOOOOO.[HH].[HH].[HH].[HH].[HH].[HH].[HH].[HH].[HH].[HH].[HH].[HH].[HH].[HH].[HH].[HH].[HH].[HH].[HH].[HH].[HH].[HH].[HH].[HH].[HH].[HH].[HH].[HH].[HH].[HH].[HH]. The van der Waals surface area contributed by atoms with Gasteiger partial charge in [-0.2, -0.15) is 0 Å². The molecule has 5 rings (SSSR count). The van der Waals surface area contributed by atoms with Gasteiger partial charge in [0.2, 0.25) is 5.79 Å². The van der Waals surface area contributed by atoms with Gasteiger partial charge in [-0.15, -0.1) is 0 Å². The van der Waals surface area contributed by atoms with Crippen molar-refractivity contribution in [3.05, 3.63) is 23.3 Å². The molecule has 1 unspecified atom stereocenters. The smallest absolute Gasteiger partial charge is 0.329 e. The summed E-state index contributed by atoms with van der Waals surface area (Å²) >= 11 is 0. The van der Waals surface area contributed by atoms with Gasteiger partial charge in [-0.25, -0.2) is 15.3 Å². The highest BCUT2D eigenvalue weighted by atomic mass is 17.9. The Morgan fingerprint density at radius 2 is 0.966 bits per heavy atom. The summed E-state index contributed by atoms with van der Waals surface area (Å²) in [7, 11) is 4.62. The minimum Gasteiger partial charge on any atom is -0.456 e. The zero-order valence-electron chi connectivity index (χ0n) is 64.7. The van der Waals surface area contributed by atoms with E-state index in [1.807, 2.05) is 32.9 Å². The second-order valence-electron chi connectivity index (χ2n) is 24.3. The van der Waals surface area contributed by atoms with Gasteiger partial charge in [-0.3, -0.25) is 14.4 Å². The fourth-order valence-corrected chi connectivity index (χ4v) is 11.2. The monoisotopic (exact) mass is 1640 g/mol. The van der Waals surface area contributed by atoms with E-state index < -0.39 is 83.9 Å². The van der Waals surface area contributed by atoms with Crippen LogP contribution in [0.2, 0.25) is 0 Å². The number of carbonyl (C=O) groups is 4. The third-order valence-electron chi connectivity index (χ3n) is 16.4. The first-order valence-corrected chi connectivity index (χ1v) is 34.9. The van der Waals surface area contributed by atoms with E-state index in [4.69, 9.17) is 38.9 Å². The molecule has 4 fully saturated rings. The third kappa shape index (κ3) is 41.4. The number of carbonyl (C=O) groups excluding carboxylic acids is 4. The van der Waals surface area contributed by atoms with Gasteiger partial charge in [-0.1, -0.05) is 60.3 Å². The van der Waals surface area contributed by atoms with Gasteiger partial charge >= 0.3 is 5.97 Å². The van der Waals surface area contributed by atoms with Crippen LogP contribution in [-0.4, -0.2) is 149 Å². The van der Waals surface area contributed by atoms with E-state index in [9.17, 15) is 34.5 Å². The highest BCUT2D eigenvalue weighted by Crippen LogP contribution is 2.40. The largest absolute Gasteiger partial charge is 0.456 e. The van der Waals surface area contributed by atoms with E-state index >= 15 is 0 Å². The number of nitrogens with zero attached hydrogens (tertiary/aromatic N) is 1. The molecule has 3 saturated heterocycles. The molecular formula is C88H140N2O26. The van der Waals surface area contributed by atoms with Crippen molar-refractivity contribution in [1.29, 1.82) is 0 Å². The molecule has 4 aliphatic heterocycles. The van der Waals surface area contributed by atoms with Crippen molar-refractivity contribution < 1.29 is 173 Å². The number of nitrogens with one attached hydrogen (secondary N) is 1. The van der Waals surface area contributed by atoms with Gasteiger partial charge in [0.25, 0.3) is 11.7 Å². The van der Waals surface area contributed by atoms with E-state index in [2.05, 4.69) is 304 Å². The Labute approximate surface area is 721 Å². The number of ketones is 2. The molecule has 4 heterocycles. The highest BCUT2D eigenvalue weighted by molar-refractivity contribution is 6.39. The average molecular weight is 1640 g/mol. The number of piperidine rings is 1. The Morgan fingerprint density at radius 1 is 0.552 bits per heavy atom. The summed E-state index contributed by atoms with van der Waals surface area (Å²) in [5.74, 6) is 97.9. The lowest BCUT2D eigenvalue weighted by atomic mass is 9.81. The summed E-state index contributed by atoms with van der Waals surface area (Å²) in [6.07, 6.45) is 3.41. The standard InChI is InChI=1S/C44H69NO13.C44H6.H3NO13.31H2/c1-24-15-25(2)17-37(54-7)40-38(55-8)19-27(4)44(52,58-40)41(49)42(50)45-14-10-9-11-32(45)43(51)57-39(26(3)18-29-12-13-33(46)36(20-29)53-6)28(5)34(47)22-35(48)30(16-24)21-31-23-56-31;1-3-5-7-9-11-13-15-17-19-21-23-25-27-29-31-33-35-37-39-41-43-44-42-40-38-36-34-32-30-28-26-24-22-20-18-16-14-12-10-8-6-4-2;2-6-10-12-8-4-1-5-9-13-14-11-7-3;;;;;;;;;;;;;;;;;;;;;;;;;;;;;;;/h16,18,25,27-34,36-40,46-47,52H,9-15,17,19-23H2,1-8H3;1-2H3;1-3H;31*1H/b24-16+,26-18+;;;;;;;;;;;;;;;;;;;;;;;;;;;;;;;;;/t25-,27+,28+,29-,30-,31?,32-,33+,34-,36+,37-,38-,39+,40+,44+;;;;;;;;;;;;;;;;;;;;;;;;;;;;;;;;;/m0................................./s1. The van der Waals surface area contributed by atoms with E-state index in [1.165, 1.54) is 24.8 Å². The number of aliphatic hydroxyl groups excluding tert-OH is 2. The number of hydrogen-bond acceptors (Lipinski definition) is 27. The minimum absolute atomic E-state index is 0. The average Bonchev–Trinajstić information content (AvgIpc) is 1.75. The van der Waals surface area contributed by atoms with Crippen LogP contribution in [0.15, 0.2) is 23.3 Å². The summed E-state index contributed by atoms with van der Waals surface area (Å²) in [6, 6.07) is -1.14. The molecule has 0 aromatic carbocycles. The van der Waals surface area contributed by atoms with Crippen molar-refractivity contribution in [2.45, 2.75) is 180 Å². The van der Waals surface area contributed by atoms with Gasteiger partial charge < -0.3 is 48.6 Å². The number of rotatable bonds is 18. The molecule has 0 aromatic rings. The normalized spacial score (nSPS) is 24.2. The molecule has 658 valence electrons. The summed E-state index contributed by atoms with van der Waals surface area (Å²) in [5.41, 5.74) is 3.00. The third-order valence-corrected chi connectivity index (χ3v) is 16.4. The molecular weight excluding hydrogens is 1500 g/mol. The van der Waals surface area contributed by atoms with Crippen LogP contribution in [0.1, 0.15) is 163 Å². The quantitative estimate of drug-likeness (QED) is 0.0108. The van der Waals surface area contributed by atoms with Gasteiger partial charge in [0.05, 0.1) is 43.2 Å². The Balaban J connectivity index is -0.0000000530. The molecule has 1 amide bonds. The Kier molecular flexibility index (Phi) is 51.6. The van der Waals surface area contributed by atoms with Crippen molar-refractivity contribution >= 4 is 23.4 Å². The molecule has 28 nitrogen and oxygen atoms in total. The van der Waals surface area contributed by atoms with Gasteiger partial charge in [-0.05, 0) is 255 Å². The molecule has 28 heteroatoms. The lowest BCUT2D eigenvalue weighted by Crippen LogP contribution is -2.64. The number of allylic oxidation sites excluding steroid dienone is 3. The number of esters is 1. The van der Waals surface area contributed by atoms with Gasteiger partial charge in [0, 0.05) is 238 Å². The number of methoxy groups -OCH3 is 3. The number of amides is 1. The number of epoxide rings is 1. The van der Waals surface area contributed by atoms with E-state index in [-0.39, 0.29) is 99.9 Å². The number of Topliss-reactive ketones (excluding diaryl/α,β-unsaturated/α-hetero) is 2.